The fraction of sp³-hybridized carbons (Fsp3) is 0.714. The molecule has 0 atom stereocenters. The Morgan fingerprint density at radius 1 is 1.50 bits per heavy atom. The molecule has 0 aromatic heterocycles. The first-order valence-corrected chi connectivity index (χ1v) is 4.50. The van der Waals surface area contributed by atoms with Crippen LogP contribution < -0.4 is 0 Å². The number of alkyl halides is 2. The molecule has 1 saturated carbocycles. The van der Waals surface area contributed by atoms with Crippen LogP contribution in [-0.2, 0) is 0 Å². The van der Waals surface area contributed by atoms with Gasteiger partial charge in [0.2, 0.25) is 0 Å². The lowest BCUT2D eigenvalue weighted by Gasteiger charge is -2.06. The second-order valence-electron chi connectivity index (χ2n) is 2.69. The first-order valence-electron chi connectivity index (χ1n) is 3.21. The van der Waals surface area contributed by atoms with Gasteiger partial charge in [0.1, 0.15) is 0 Å². The van der Waals surface area contributed by atoms with Crippen LogP contribution in [0.4, 0.5) is 0 Å². The Morgan fingerprint density at radius 2 is 2.00 bits per heavy atom. The Kier molecular flexibility index (Phi) is 2.54. The smallest absolute Gasteiger partial charge is 0.0802 e. The van der Waals surface area contributed by atoms with E-state index in [1.165, 1.54) is 0 Å². The predicted molar refractivity (Wildman–Crippen MR) is 47.1 cm³/mol. The van der Waals surface area contributed by atoms with Gasteiger partial charge in [-0.25, -0.2) is 0 Å². The van der Waals surface area contributed by atoms with Crippen LogP contribution in [0, 0.1) is 0 Å². The van der Waals surface area contributed by atoms with Crippen molar-refractivity contribution in [1.29, 1.82) is 0 Å². The van der Waals surface area contributed by atoms with E-state index in [0.29, 0.717) is 5.88 Å². The molecule has 10 heavy (non-hydrogen) atoms. The van der Waals surface area contributed by atoms with Crippen molar-refractivity contribution in [2.24, 2.45) is 0 Å². The third kappa shape index (κ3) is 1.61. The normalized spacial score (nSPS) is 24.0. The SMILES string of the molecule is C/C(CCl)=C(\Cl)C1(Cl)CC1. The highest BCUT2D eigenvalue weighted by atomic mass is 35.5. The molecule has 1 rings (SSSR count). The van der Waals surface area contributed by atoms with Gasteiger partial charge in [-0.05, 0) is 25.3 Å². The molecule has 0 nitrogen and oxygen atoms in total. The molecule has 0 bridgehead atoms. The highest BCUT2D eigenvalue weighted by Gasteiger charge is 2.44. The molecule has 58 valence electrons. The average molecular weight is 200 g/mol. The lowest BCUT2D eigenvalue weighted by Crippen LogP contribution is -2.00. The number of halogens is 3. The van der Waals surface area contributed by atoms with Crippen LogP contribution in [0.15, 0.2) is 10.6 Å². The molecular formula is C7H9Cl3. The van der Waals surface area contributed by atoms with Gasteiger partial charge in [0.25, 0.3) is 0 Å². The summed E-state index contributed by atoms with van der Waals surface area (Å²) in [5, 5.41) is 0.754. The van der Waals surface area contributed by atoms with Crippen molar-refractivity contribution in [3.05, 3.63) is 10.6 Å². The van der Waals surface area contributed by atoms with Gasteiger partial charge in [-0.15, -0.1) is 23.2 Å². The van der Waals surface area contributed by atoms with Gasteiger partial charge in [-0.2, -0.15) is 0 Å². The third-order valence-electron chi connectivity index (χ3n) is 1.66. The van der Waals surface area contributed by atoms with Gasteiger partial charge in [-0.3, -0.25) is 0 Å². The van der Waals surface area contributed by atoms with E-state index in [1.807, 2.05) is 6.92 Å². The molecule has 0 saturated heterocycles. The fourth-order valence-electron chi connectivity index (χ4n) is 0.770. The quantitative estimate of drug-likeness (QED) is 0.597. The van der Waals surface area contributed by atoms with E-state index in [2.05, 4.69) is 0 Å². The van der Waals surface area contributed by atoms with Crippen molar-refractivity contribution in [3.8, 4) is 0 Å². The van der Waals surface area contributed by atoms with Gasteiger partial charge < -0.3 is 0 Å². The van der Waals surface area contributed by atoms with Crippen LogP contribution in [0.1, 0.15) is 19.8 Å². The minimum atomic E-state index is -0.236. The maximum absolute atomic E-state index is 6.02. The Morgan fingerprint density at radius 3 is 2.30 bits per heavy atom. The third-order valence-corrected chi connectivity index (χ3v) is 3.41. The summed E-state index contributed by atoms with van der Waals surface area (Å²) in [7, 11) is 0. The molecule has 0 radical (unpaired) electrons. The van der Waals surface area contributed by atoms with Crippen LogP contribution >= 0.6 is 34.8 Å². The zero-order valence-corrected chi connectivity index (χ0v) is 8.02. The van der Waals surface area contributed by atoms with Crippen LogP contribution in [0.3, 0.4) is 0 Å². The number of hydrogen-bond donors (Lipinski definition) is 0. The molecule has 0 N–H and O–H groups in total. The van der Waals surface area contributed by atoms with E-state index >= 15 is 0 Å². The summed E-state index contributed by atoms with van der Waals surface area (Å²) in [5.41, 5.74) is 0.996. The van der Waals surface area contributed by atoms with Crippen LogP contribution in [0.5, 0.6) is 0 Å². The molecule has 0 aromatic carbocycles. The predicted octanol–water partition coefficient (Wildman–Crippen LogP) is 3.51. The van der Waals surface area contributed by atoms with E-state index in [1.54, 1.807) is 0 Å². The zero-order chi connectivity index (χ0) is 7.78. The van der Waals surface area contributed by atoms with Crippen molar-refractivity contribution in [1.82, 2.24) is 0 Å². The fourth-order valence-corrected chi connectivity index (χ4v) is 1.48. The second-order valence-corrected chi connectivity index (χ2v) is 4.06. The van der Waals surface area contributed by atoms with Gasteiger partial charge in [-0.1, -0.05) is 11.6 Å². The van der Waals surface area contributed by atoms with Crippen LogP contribution in [-0.4, -0.2) is 10.8 Å². The molecule has 0 heterocycles. The molecule has 3 heteroatoms. The molecule has 1 fully saturated rings. The van der Waals surface area contributed by atoms with E-state index in [4.69, 9.17) is 34.8 Å². The van der Waals surface area contributed by atoms with Crippen molar-refractivity contribution in [2.45, 2.75) is 24.6 Å². The molecule has 0 amide bonds. The number of hydrogen-bond acceptors (Lipinski definition) is 0. The summed E-state index contributed by atoms with van der Waals surface area (Å²) in [5.74, 6) is 0.479. The van der Waals surface area contributed by atoms with Crippen molar-refractivity contribution in [3.63, 3.8) is 0 Å². The van der Waals surface area contributed by atoms with Gasteiger partial charge in [0.15, 0.2) is 0 Å². The molecule has 0 aromatic rings. The van der Waals surface area contributed by atoms with E-state index in [0.717, 1.165) is 23.4 Å². The average Bonchev–Trinajstić information content (AvgIpc) is 2.66. The van der Waals surface area contributed by atoms with Crippen molar-refractivity contribution >= 4 is 34.8 Å². The summed E-state index contributed by atoms with van der Waals surface area (Å²) in [6.45, 7) is 1.91. The summed E-state index contributed by atoms with van der Waals surface area (Å²) >= 11 is 17.5. The first kappa shape index (κ1) is 8.70. The maximum Gasteiger partial charge on any atom is 0.0802 e. The standard InChI is InChI=1S/C7H9Cl3/c1-5(4-8)6(9)7(10)2-3-7/h2-4H2,1H3/b6-5+. The second kappa shape index (κ2) is 2.92. The first-order chi connectivity index (χ1) is 4.60. The van der Waals surface area contributed by atoms with Gasteiger partial charge >= 0.3 is 0 Å². The molecular weight excluding hydrogens is 190 g/mol. The van der Waals surface area contributed by atoms with Crippen LogP contribution in [0.2, 0.25) is 0 Å². The molecule has 0 spiro atoms. The molecule has 1 aliphatic carbocycles. The Hall–Kier alpha value is 0.610. The van der Waals surface area contributed by atoms with Gasteiger partial charge in [0, 0.05) is 10.9 Å². The van der Waals surface area contributed by atoms with Crippen molar-refractivity contribution in [2.75, 3.05) is 5.88 Å². The summed E-state index contributed by atoms with van der Waals surface area (Å²) in [6.07, 6.45) is 1.98. The minimum absolute atomic E-state index is 0.236. The van der Waals surface area contributed by atoms with E-state index in [9.17, 15) is 0 Å². The number of rotatable bonds is 2. The highest BCUT2D eigenvalue weighted by molar-refractivity contribution is 6.41. The summed E-state index contributed by atoms with van der Waals surface area (Å²) < 4.78 is 0. The minimum Gasteiger partial charge on any atom is -0.122 e. The zero-order valence-electron chi connectivity index (χ0n) is 5.76. The molecule has 0 aliphatic heterocycles. The largest absolute Gasteiger partial charge is 0.122 e. The Balaban J connectivity index is 2.71. The van der Waals surface area contributed by atoms with E-state index in [-0.39, 0.29) is 4.87 Å². The monoisotopic (exact) mass is 198 g/mol. The maximum atomic E-state index is 6.02. The number of allylic oxidation sites excluding steroid dienone is 2. The van der Waals surface area contributed by atoms with Gasteiger partial charge in [0.05, 0.1) is 4.87 Å². The Labute approximate surface area is 76.1 Å². The van der Waals surface area contributed by atoms with Crippen molar-refractivity contribution < 1.29 is 0 Å². The Bertz CT molecular complexity index is 168. The lowest BCUT2D eigenvalue weighted by molar-refractivity contribution is 1.10. The van der Waals surface area contributed by atoms with E-state index < -0.39 is 0 Å². The summed E-state index contributed by atoms with van der Waals surface area (Å²) in [6, 6.07) is 0. The highest BCUT2D eigenvalue weighted by Crippen LogP contribution is 2.51. The topological polar surface area (TPSA) is 0 Å². The van der Waals surface area contributed by atoms with Crippen LogP contribution in [0.25, 0.3) is 0 Å². The summed E-state index contributed by atoms with van der Waals surface area (Å²) in [4.78, 5) is -0.236. The molecule has 0 unspecified atom stereocenters. The lowest BCUT2D eigenvalue weighted by atomic mass is 10.2. The molecule has 1 aliphatic rings.